The van der Waals surface area contributed by atoms with Gasteiger partial charge in [0.1, 0.15) is 0 Å². The molecule has 0 aromatic carbocycles. The first kappa shape index (κ1) is 17.5. The normalized spacial score (nSPS) is 12.7. The van der Waals surface area contributed by atoms with E-state index in [9.17, 15) is 4.79 Å². The summed E-state index contributed by atoms with van der Waals surface area (Å²) in [5, 5.41) is 0. The van der Waals surface area contributed by atoms with Gasteiger partial charge < -0.3 is 4.74 Å². The maximum atomic E-state index is 11.9. The quantitative estimate of drug-likeness (QED) is 0.385. The monoisotopic (exact) mass is 256 g/mol. The third-order valence-corrected chi connectivity index (χ3v) is 3.42. The molecule has 0 radical (unpaired) electrons. The maximum absolute atomic E-state index is 11.9. The second-order valence-corrected chi connectivity index (χ2v) is 5.66. The highest BCUT2D eigenvalue weighted by Gasteiger charge is 2.17. The van der Waals surface area contributed by atoms with E-state index in [-0.39, 0.29) is 11.9 Å². The van der Waals surface area contributed by atoms with E-state index in [0.29, 0.717) is 12.5 Å². The lowest BCUT2D eigenvalue weighted by Gasteiger charge is -2.14. The third kappa shape index (κ3) is 9.49. The Morgan fingerprint density at radius 3 is 2.22 bits per heavy atom. The van der Waals surface area contributed by atoms with Crippen molar-refractivity contribution in [1.82, 2.24) is 0 Å². The van der Waals surface area contributed by atoms with Crippen LogP contribution < -0.4 is 0 Å². The fraction of sp³-hybridized carbons (Fsp3) is 0.938. The molecule has 0 aliphatic carbocycles. The first-order valence-corrected chi connectivity index (χ1v) is 7.78. The second kappa shape index (κ2) is 11.6. The van der Waals surface area contributed by atoms with Crippen LogP contribution in [0.1, 0.15) is 79.1 Å². The van der Waals surface area contributed by atoms with Gasteiger partial charge in [0.2, 0.25) is 0 Å². The van der Waals surface area contributed by atoms with E-state index in [4.69, 9.17) is 4.74 Å². The van der Waals surface area contributed by atoms with Crippen molar-refractivity contribution in [3.05, 3.63) is 0 Å². The Morgan fingerprint density at radius 2 is 1.67 bits per heavy atom. The van der Waals surface area contributed by atoms with Crippen molar-refractivity contribution < 1.29 is 9.53 Å². The molecule has 0 aromatic heterocycles. The first-order valence-electron chi connectivity index (χ1n) is 7.78. The van der Waals surface area contributed by atoms with Crippen LogP contribution in [0.2, 0.25) is 0 Å². The number of rotatable bonds is 11. The Kier molecular flexibility index (Phi) is 11.2. The number of ether oxygens (including phenoxy) is 1. The van der Waals surface area contributed by atoms with Gasteiger partial charge >= 0.3 is 5.97 Å². The smallest absolute Gasteiger partial charge is 0.308 e. The summed E-state index contributed by atoms with van der Waals surface area (Å²) in [7, 11) is 0. The van der Waals surface area contributed by atoms with Crippen LogP contribution in [-0.2, 0) is 9.53 Å². The van der Waals surface area contributed by atoms with Gasteiger partial charge in [0, 0.05) is 0 Å². The van der Waals surface area contributed by atoms with Crippen LogP contribution in [0.3, 0.4) is 0 Å². The highest BCUT2D eigenvalue weighted by molar-refractivity contribution is 5.72. The predicted molar refractivity (Wildman–Crippen MR) is 77.6 cm³/mol. The molecule has 0 rings (SSSR count). The van der Waals surface area contributed by atoms with Crippen molar-refractivity contribution in [3.8, 4) is 0 Å². The highest BCUT2D eigenvalue weighted by Crippen LogP contribution is 2.16. The van der Waals surface area contributed by atoms with Gasteiger partial charge in [-0.05, 0) is 25.2 Å². The van der Waals surface area contributed by atoms with Crippen LogP contribution in [0.15, 0.2) is 0 Å². The van der Waals surface area contributed by atoms with E-state index in [0.717, 1.165) is 25.7 Å². The fourth-order valence-electron chi connectivity index (χ4n) is 2.00. The number of esters is 1. The van der Waals surface area contributed by atoms with Crippen LogP contribution >= 0.6 is 0 Å². The number of carbonyl (C=O) groups is 1. The number of hydrogen-bond acceptors (Lipinski definition) is 2. The van der Waals surface area contributed by atoms with E-state index in [1.165, 1.54) is 25.7 Å². The van der Waals surface area contributed by atoms with Gasteiger partial charge in [-0.3, -0.25) is 4.79 Å². The number of carbonyl (C=O) groups excluding carboxylic acids is 1. The van der Waals surface area contributed by atoms with Crippen LogP contribution in [-0.4, -0.2) is 12.6 Å². The summed E-state index contributed by atoms with van der Waals surface area (Å²) in [4.78, 5) is 11.9. The zero-order valence-electron chi connectivity index (χ0n) is 12.8. The molecule has 2 nitrogen and oxygen atoms in total. The Labute approximate surface area is 113 Å². The van der Waals surface area contributed by atoms with Gasteiger partial charge in [-0.1, -0.05) is 59.8 Å². The van der Waals surface area contributed by atoms with Crippen molar-refractivity contribution in [2.45, 2.75) is 79.1 Å². The zero-order chi connectivity index (χ0) is 13.8. The molecule has 0 saturated carbocycles. The van der Waals surface area contributed by atoms with Crippen molar-refractivity contribution in [2.24, 2.45) is 11.8 Å². The molecule has 18 heavy (non-hydrogen) atoms. The lowest BCUT2D eigenvalue weighted by atomic mass is 9.98. The summed E-state index contributed by atoms with van der Waals surface area (Å²) < 4.78 is 5.35. The molecule has 0 spiro atoms. The Hall–Kier alpha value is -0.530. The zero-order valence-corrected chi connectivity index (χ0v) is 12.8. The van der Waals surface area contributed by atoms with E-state index in [2.05, 4.69) is 27.7 Å². The van der Waals surface area contributed by atoms with E-state index in [1.54, 1.807) is 0 Å². The van der Waals surface area contributed by atoms with Crippen molar-refractivity contribution in [1.29, 1.82) is 0 Å². The SMILES string of the molecule is CCCCCCC[C@H](CC)C(=O)OCCC(C)C. The molecular weight excluding hydrogens is 224 g/mol. The second-order valence-electron chi connectivity index (χ2n) is 5.66. The molecule has 0 aliphatic rings. The van der Waals surface area contributed by atoms with Crippen LogP contribution in [0.5, 0.6) is 0 Å². The maximum Gasteiger partial charge on any atom is 0.308 e. The van der Waals surface area contributed by atoms with Gasteiger partial charge in [0.25, 0.3) is 0 Å². The Morgan fingerprint density at radius 1 is 1.00 bits per heavy atom. The molecular formula is C16H32O2. The summed E-state index contributed by atoms with van der Waals surface area (Å²) in [6.45, 7) is 9.20. The molecule has 108 valence electrons. The molecule has 0 aromatic rings. The van der Waals surface area contributed by atoms with Gasteiger partial charge in [-0.15, -0.1) is 0 Å². The van der Waals surface area contributed by atoms with Crippen LogP contribution in [0, 0.1) is 11.8 Å². The van der Waals surface area contributed by atoms with Crippen molar-refractivity contribution in [2.75, 3.05) is 6.61 Å². The molecule has 0 N–H and O–H groups in total. The minimum atomic E-state index is 0.0219. The van der Waals surface area contributed by atoms with Gasteiger partial charge in [0.05, 0.1) is 12.5 Å². The third-order valence-electron chi connectivity index (χ3n) is 3.42. The molecule has 0 aliphatic heterocycles. The van der Waals surface area contributed by atoms with Gasteiger partial charge in [-0.25, -0.2) is 0 Å². The first-order chi connectivity index (χ1) is 8.61. The molecule has 1 atom stereocenters. The van der Waals surface area contributed by atoms with E-state index in [1.807, 2.05) is 0 Å². The molecule has 2 heteroatoms. The summed E-state index contributed by atoms with van der Waals surface area (Å²) >= 11 is 0. The summed E-state index contributed by atoms with van der Waals surface area (Å²) in [6, 6.07) is 0. The summed E-state index contributed by atoms with van der Waals surface area (Å²) in [5.74, 6) is 0.749. The molecule has 0 fully saturated rings. The van der Waals surface area contributed by atoms with Crippen molar-refractivity contribution >= 4 is 5.97 Å². The van der Waals surface area contributed by atoms with E-state index >= 15 is 0 Å². The topological polar surface area (TPSA) is 26.3 Å². The summed E-state index contributed by atoms with van der Waals surface area (Å²) in [5.41, 5.74) is 0. The standard InChI is InChI=1S/C16H32O2/c1-5-7-8-9-10-11-15(6-2)16(17)18-13-12-14(3)4/h14-15H,5-13H2,1-4H3/t15-/m0/s1. The molecule has 0 amide bonds. The highest BCUT2D eigenvalue weighted by atomic mass is 16.5. The average Bonchev–Trinajstić information content (AvgIpc) is 2.33. The number of unbranched alkanes of at least 4 members (excludes halogenated alkanes) is 4. The predicted octanol–water partition coefficient (Wildman–Crippen LogP) is 4.96. The van der Waals surface area contributed by atoms with Crippen molar-refractivity contribution in [3.63, 3.8) is 0 Å². The van der Waals surface area contributed by atoms with Crippen LogP contribution in [0.25, 0.3) is 0 Å². The van der Waals surface area contributed by atoms with E-state index < -0.39 is 0 Å². The Bertz CT molecular complexity index is 199. The van der Waals surface area contributed by atoms with Gasteiger partial charge in [-0.2, -0.15) is 0 Å². The molecule has 0 saturated heterocycles. The molecule has 0 heterocycles. The lowest BCUT2D eigenvalue weighted by Crippen LogP contribution is -2.18. The largest absolute Gasteiger partial charge is 0.465 e. The number of hydrogen-bond donors (Lipinski definition) is 0. The van der Waals surface area contributed by atoms with Gasteiger partial charge in [0.15, 0.2) is 0 Å². The average molecular weight is 256 g/mol. The minimum Gasteiger partial charge on any atom is -0.465 e. The Balaban J connectivity index is 3.68. The lowest BCUT2D eigenvalue weighted by molar-refractivity contribution is -0.149. The summed E-state index contributed by atoms with van der Waals surface area (Å²) in [6.07, 6.45) is 9.19. The molecule has 0 bridgehead atoms. The van der Waals surface area contributed by atoms with Crippen LogP contribution in [0.4, 0.5) is 0 Å². The molecule has 0 unspecified atom stereocenters. The fourth-order valence-corrected chi connectivity index (χ4v) is 2.00. The minimum absolute atomic E-state index is 0.0219.